The average molecular weight is 423 g/mol. The van der Waals surface area contributed by atoms with Crippen LogP contribution in [0.3, 0.4) is 0 Å². The summed E-state index contributed by atoms with van der Waals surface area (Å²) in [7, 11) is 2.99. The molecule has 1 aliphatic rings. The largest absolute Gasteiger partial charge is 0.496 e. The molecular formula is C21H21ClF2N2O3. The van der Waals surface area contributed by atoms with Gasteiger partial charge in [-0.2, -0.15) is 0 Å². The van der Waals surface area contributed by atoms with Crippen LogP contribution in [0.4, 0.5) is 8.78 Å². The zero-order valence-electron chi connectivity index (χ0n) is 16.1. The van der Waals surface area contributed by atoms with Crippen LogP contribution in [0.5, 0.6) is 5.75 Å². The Morgan fingerprint density at radius 2 is 2.00 bits per heavy atom. The maximum atomic E-state index is 13.9. The summed E-state index contributed by atoms with van der Waals surface area (Å²) in [6, 6.07) is 7.31. The molecule has 0 unspecified atom stereocenters. The fraction of sp³-hybridized carbons (Fsp3) is 0.333. The Morgan fingerprint density at radius 3 is 2.69 bits per heavy atom. The van der Waals surface area contributed by atoms with Crippen LogP contribution in [-0.2, 0) is 11.3 Å². The molecule has 154 valence electrons. The predicted molar refractivity (Wildman–Crippen MR) is 105 cm³/mol. The van der Waals surface area contributed by atoms with Crippen molar-refractivity contribution in [2.75, 3.05) is 20.7 Å². The lowest BCUT2D eigenvalue weighted by Gasteiger charge is -2.28. The van der Waals surface area contributed by atoms with Crippen molar-refractivity contribution in [3.63, 3.8) is 0 Å². The van der Waals surface area contributed by atoms with Gasteiger partial charge < -0.3 is 14.5 Å². The molecule has 0 N–H and O–H groups in total. The molecule has 0 saturated carbocycles. The Bertz CT molecular complexity index is 938. The highest BCUT2D eigenvalue weighted by atomic mass is 35.5. The van der Waals surface area contributed by atoms with E-state index in [1.807, 2.05) is 0 Å². The normalized spacial score (nSPS) is 16.0. The Labute approximate surface area is 172 Å². The number of nitrogens with zero attached hydrogens (tertiary/aromatic N) is 2. The number of amides is 2. The fourth-order valence-electron chi connectivity index (χ4n) is 3.51. The number of methoxy groups -OCH3 is 1. The molecule has 1 atom stereocenters. The second kappa shape index (κ2) is 8.78. The molecule has 1 heterocycles. The minimum Gasteiger partial charge on any atom is -0.496 e. The van der Waals surface area contributed by atoms with E-state index in [-0.39, 0.29) is 29.5 Å². The summed E-state index contributed by atoms with van der Waals surface area (Å²) in [6.45, 7) is 0.396. The van der Waals surface area contributed by atoms with Crippen LogP contribution in [-0.4, -0.2) is 48.4 Å². The van der Waals surface area contributed by atoms with Gasteiger partial charge in [0.05, 0.1) is 12.7 Å². The van der Waals surface area contributed by atoms with Gasteiger partial charge in [-0.3, -0.25) is 9.59 Å². The van der Waals surface area contributed by atoms with E-state index in [4.69, 9.17) is 16.3 Å². The van der Waals surface area contributed by atoms with Crippen LogP contribution in [0.2, 0.25) is 5.02 Å². The van der Waals surface area contributed by atoms with Crippen molar-refractivity contribution < 1.29 is 23.1 Å². The summed E-state index contributed by atoms with van der Waals surface area (Å²) in [5.41, 5.74) is 0.488. The van der Waals surface area contributed by atoms with Crippen LogP contribution in [0.15, 0.2) is 36.4 Å². The smallest absolute Gasteiger partial charge is 0.258 e. The van der Waals surface area contributed by atoms with Crippen LogP contribution in [0, 0.1) is 11.6 Å². The highest BCUT2D eigenvalue weighted by Crippen LogP contribution is 2.28. The monoisotopic (exact) mass is 422 g/mol. The van der Waals surface area contributed by atoms with Crippen LogP contribution in [0.25, 0.3) is 0 Å². The zero-order chi connectivity index (χ0) is 21.1. The molecule has 0 aliphatic carbocycles. The van der Waals surface area contributed by atoms with E-state index in [0.717, 1.165) is 12.1 Å². The van der Waals surface area contributed by atoms with Gasteiger partial charge in [-0.05, 0) is 37.1 Å². The lowest BCUT2D eigenvalue weighted by atomic mass is 10.1. The van der Waals surface area contributed by atoms with Gasteiger partial charge in [-0.1, -0.05) is 17.7 Å². The molecule has 2 aromatic rings. The van der Waals surface area contributed by atoms with Crippen molar-refractivity contribution >= 4 is 23.4 Å². The Morgan fingerprint density at radius 1 is 1.24 bits per heavy atom. The minimum absolute atomic E-state index is 0.0238. The summed E-state index contributed by atoms with van der Waals surface area (Å²) >= 11 is 6.03. The molecule has 0 bridgehead atoms. The number of carbonyl (C=O) groups excluding carboxylic acids is 2. The van der Waals surface area contributed by atoms with Crippen molar-refractivity contribution in [3.05, 3.63) is 64.2 Å². The first-order valence-electron chi connectivity index (χ1n) is 9.15. The first-order valence-corrected chi connectivity index (χ1v) is 9.53. The summed E-state index contributed by atoms with van der Waals surface area (Å²) in [5.74, 6) is -1.67. The maximum absolute atomic E-state index is 13.9. The van der Waals surface area contributed by atoms with Gasteiger partial charge in [0.15, 0.2) is 0 Å². The van der Waals surface area contributed by atoms with E-state index in [1.54, 1.807) is 12.1 Å². The molecule has 5 nitrogen and oxygen atoms in total. The van der Waals surface area contributed by atoms with Crippen molar-refractivity contribution in [3.8, 4) is 5.75 Å². The summed E-state index contributed by atoms with van der Waals surface area (Å²) in [4.78, 5) is 28.9. The van der Waals surface area contributed by atoms with Gasteiger partial charge in [0.1, 0.15) is 23.4 Å². The summed E-state index contributed by atoms with van der Waals surface area (Å²) < 4.78 is 32.3. The number of rotatable bonds is 5. The molecule has 2 aromatic carbocycles. The first-order chi connectivity index (χ1) is 13.8. The predicted octanol–water partition coefficient (Wildman–Crippen LogP) is 3.89. The average Bonchev–Trinajstić information content (AvgIpc) is 3.18. The van der Waals surface area contributed by atoms with Gasteiger partial charge in [-0.25, -0.2) is 8.78 Å². The van der Waals surface area contributed by atoms with Crippen LogP contribution in [0.1, 0.15) is 28.8 Å². The van der Waals surface area contributed by atoms with Crippen molar-refractivity contribution in [2.24, 2.45) is 0 Å². The van der Waals surface area contributed by atoms with Crippen molar-refractivity contribution in [2.45, 2.75) is 25.4 Å². The number of likely N-dealkylation sites (tertiary alicyclic amines) is 1. The van der Waals surface area contributed by atoms with Gasteiger partial charge in [0.2, 0.25) is 5.91 Å². The zero-order valence-corrected chi connectivity index (χ0v) is 16.9. The second-order valence-corrected chi connectivity index (χ2v) is 7.37. The molecule has 29 heavy (non-hydrogen) atoms. The molecule has 0 radical (unpaired) electrons. The van der Waals surface area contributed by atoms with Gasteiger partial charge >= 0.3 is 0 Å². The van der Waals surface area contributed by atoms with Crippen molar-refractivity contribution in [1.82, 2.24) is 9.80 Å². The van der Waals surface area contributed by atoms with Gasteiger partial charge in [0, 0.05) is 36.8 Å². The summed E-state index contributed by atoms with van der Waals surface area (Å²) in [5, 5.41) is 0.389. The van der Waals surface area contributed by atoms with Gasteiger partial charge in [-0.15, -0.1) is 0 Å². The number of benzene rings is 2. The number of hydrogen-bond acceptors (Lipinski definition) is 3. The lowest BCUT2D eigenvalue weighted by molar-refractivity contribution is -0.134. The molecule has 1 fully saturated rings. The quantitative estimate of drug-likeness (QED) is 0.734. The SMILES string of the molecule is COc1ccc(Cl)cc1C(=O)N1CCC[C@@H]1C(=O)N(C)Cc1ccc(F)cc1F. The second-order valence-electron chi connectivity index (χ2n) is 6.93. The molecule has 2 amide bonds. The third-order valence-electron chi connectivity index (χ3n) is 4.99. The molecule has 8 heteroatoms. The number of hydrogen-bond donors (Lipinski definition) is 0. The van der Waals surface area contributed by atoms with Crippen LogP contribution < -0.4 is 4.74 Å². The van der Waals surface area contributed by atoms with E-state index < -0.39 is 17.7 Å². The van der Waals surface area contributed by atoms with E-state index in [1.165, 1.54) is 36.1 Å². The van der Waals surface area contributed by atoms with Crippen molar-refractivity contribution in [1.29, 1.82) is 0 Å². The van der Waals surface area contributed by atoms with Crippen LogP contribution >= 0.6 is 11.6 Å². The molecule has 3 rings (SSSR count). The highest BCUT2D eigenvalue weighted by Gasteiger charge is 2.37. The summed E-state index contributed by atoms with van der Waals surface area (Å²) in [6.07, 6.45) is 1.17. The topological polar surface area (TPSA) is 49.9 Å². The number of halogens is 3. The molecule has 0 spiro atoms. The number of ether oxygens (including phenoxy) is 1. The molecule has 1 aliphatic heterocycles. The third kappa shape index (κ3) is 4.50. The Hall–Kier alpha value is -2.67. The minimum atomic E-state index is -0.715. The Kier molecular flexibility index (Phi) is 6.37. The Balaban J connectivity index is 1.78. The lowest BCUT2D eigenvalue weighted by Crippen LogP contribution is -2.46. The third-order valence-corrected chi connectivity index (χ3v) is 5.22. The maximum Gasteiger partial charge on any atom is 0.258 e. The molecular weight excluding hydrogens is 402 g/mol. The highest BCUT2D eigenvalue weighted by molar-refractivity contribution is 6.31. The van der Waals surface area contributed by atoms with E-state index in [9.17, 15) is 18.4 Å². The van der Waals surface area contributed by atoms with Gasteiger partial charge in [0.25, 0.3) is 5.91 Å². The van der Waals surface area contributed by atoms with E-state index in [2.05, 4.69) is 0 Å². The van der Waals surface area contributed by atoms with E-state index in [0.29, 0.717) is 30.2 Å². The number of likely N-dealkylation sites (N-methyl/N-ethyl adjacent to an activating group) is 1. The standard InChI is InChI=1S/C21H21ClF2N2O3/c1-25(12-13-5-7-15(23)11-17(13)24)21(28)18-4-3-9-26(18)20(27)16-10-14(22)6-8-19(16)29-2/h5-8,10-11,18H,3-4,9,12H2,1-2H3/t18-/m1/s1. The number of carbonyl (C=O) groups is 2. The van der Waals surface area contributed by atoms with E-state index >= 15 is 0 Å². The fourth-order valence-corrected chi connectivity index (χ4v) is 3.68. The molecule has 0 aromatic heterocycles. The first kappa shape index (κ1) is 21.0. The molecule has 1 saturated heterocycles.